The second kappa shape index (κ2) is 11.4. The molecule has 2 amide bonds. The Kier molecular flexibility index (Phi) is 8.78. The number of ether oxygens (including phenoxy) is 2. The van der Waals surface area contributed by atoms with Gasteiger partial charge in [0, 0.05) is 28.8 Å². The molecule has 15 nitrogen and oxygen atoms in total. The molecule has 4 fully saturated rings. The van der Waals surface area contributed by atoms with Gasteiger partial charge in [-0.2, -0.15) is 11.8 Å². The molecule has 4 aliphatic rings. The van der Waals surface area contributed by atoms with Crippen LogP contribution in [0.5, 0.6) is 0 Å². The molecule has 2 saturated heterocycles. The van der Waals surface area contributed by atoms with E-state index in [0.717, 1.165) is 11.8 Å². The summed E-state index contributed by atoms with van der Waals surface area (Å²) < 4.78 is 12.1. The van der Waals surface area contributed by atoms with Gasteiger partial charge in [-0.05, 0) is 12.8 Å². The summed E-state index contributed by atoms with van der Waals surface area (Å²) in [5.74, 6) is -5.66. The van der Waals surface area contributed by atoms with E-state index in [9.17, 15) is 39.3 Å². The van der Waals surface area contributed by atoms with E-state index in [1.54, 1.807) is 13.8 Å². The molecule has 16 heteroatoms. The van der Waals surface area contributed by atoms with Crippen LogP contribution < -0.4 is 16.4 Å². The maximum absolute atomic E-state index is 13.4. The highest BCUT2D eigenvalue weighted by atomic mass is 32.2. The summed E-state index contributed by atoms with van der Waals surface area (Å²) in [5.41, 5.74) is 1.93. The number of aliphatic hydroxyl groups excluding tert-OH is 3. The van der Waals surface area contributed by atoms with Gasteiger partial charge >= 0.3 is 11.9 Å². The highest BCUT2D eigenvalue weighted by Gasteiger charge is 2.84. The van der Waals surface area contributed by atoms with Crippen LogP contribution in [-0.2, 0) is 33.4 Å². The molecule has 0 aromatic heterocycles. The fourth-order valence-electron chi connectivity index (χ4n) is 6.95. The largest absolute Gasteiger partial charge is 0.480 e. The van der Waals surface area contributed by atoms with Crippen molar-refractivity contribution < 1.29 is 59.0 Å². The molecule has 2 aliphatic heterocycles. The van der Waals surface area contributed by atoms with E-state index in [-0.39, 0.29) is 31.6 Å². The number of aliphatic carboxylic acids is 2. The quantitative estimate of drug-likeness (QED) is 0.102. The molecule has 9 N–H and O–H groups in total. The summed E-state index contributed by atoms with van der Waals surface area (Å²) in [6.07, 6.45) is -4.69. The smallest absolute Gasteiger partial charge is 0.322 e. The lowest BCUT2D eigenvalue weighted by atomic mass is 9.49. The van der Waals surface area contributed by atoms with Crippen LogP contribution in [0, 0.1) is 16.7 Å². The number of nitrogens with one attached hydrogen (secondary N) is 2. The van der Waals surface area contributed by atoms with E-state index in [1.165, 1.54) is 0 Å². The second-order valence-corrected chi connectivity index (χ2v) is 12.8. The third-order valence-corrected chi connectivity index (χ3v) is 11.0. The first-order valence-electron chi connectivity index (χ1n) is 13.4. The van der Waals surface area contributed by atoms with Crippen molar-refractivity contribution in [1.29, 1.82) is 0 Å². The van der Waals surface area contributed by atoms with Gasteiger partial charge in [0.2, 0.25) is 11.8 Å². The van der Waals surface area contributed by atoms with E-state index >= 15 is 0 Å². The van der Waals surface area contributed by atoms with E-state index in [0.29, 0.717) is 0 Å². The minimum atomic E-state index is -1.62. The molecule has 2 saturated carbocycles. The van der Waals surface area contributed by atoms with Crippen LogP contribution in [0.4, 0.5) is 0 Å². The van der Waals surface area contributed by atoms with Crippen LogP contribution >= 0.6 is 11.8 Å². The van der Waals surface area contributed by atoms with Gasteiger partial charge in [-0.1, -0.05) is 13.8 Å². The number of aliphatic hydroxyl groups is 3. The summed E-state index contributed by atoms with van der Waals surface area (Å²) in [6, 6.07) is -2.58. The molecule has 2 heterocycles. The first-order chi connectivity index (χ1) is 19.2. The molecule has 0 unspecified atom stereocenters. The number of carboxylic acid groups (broad SMARTS) is 2. The number of rotatable bonds is 12. The molecule has 41 heavy (non-hydrogen) atoms. The third kappa shape index (κ3) is 5.02. The summed E-state index contributed by atoms with van der Waals surface area (Å²) in [6.45, 7) is 2.23. The molecule has 0 aromatic rings. The Balaban J connectivity index is 1.58. The van der Waals surface area contributed by atoms with Crippen molar-refractivity contribution in [2.24, 2.45) is 22.5 Å². The Morgan fingerprint density at radius 2 is 1.85 bits per heavy atom. The molecular weight excluding hydrogens is 566 g/mol. The number of nitrogens with two attached hydrogens (primary N) is 1. The standard InChI is InChI=1S/C25H37N3O12S/c1-10-16(34)18(35)24(8-29)20(40-19-13(30)5-23(24,2)25(19)9-39-25)17(10)41-7-12(21(36)27-6-15(32)33)28-14(31)4-3-11(26)22(37)38/h10-13,17-20,29-30,35H,3-9,26H2,1-2H3,(H,27,36)(H,28,31)(H,32,33)(H,37,38)/t10-,11-,12-,13+,17+,18+,19+,20+,23+,24-,25-/m0/s1. The Labute approximate surface area is 239 Å². The van der Waals surface area contributed by atoms with E-state index in [4.69, 9.17) is 25.4 Å². The molecule has 1 spiro atoms. The van der Waals surface area contributed by atoms with E-state index in [2.05, 4.69) is 10.6 Å². The van der Waals surface area contributed by atoms with Gasteiger partial charge in [0.25, 0.3) is 0 Å². The van der Waals surface area contributed by atoms with Crippen LogP contribution in [0.2, 0.25) is 0 Å². The van der Waals surface area contributed by atoms with Crippen molar-refractivity contribution >= 4 is 41.3 Å². The van der Waals surface area contributed by atoms with Gasteiger partial charge in [0.05, 0.1) is 30.8 Å². The molecule has 2 bridgehead atoms. The fourth-order valence-corrected chi connectivity index (χ4v) is 8.51. The molecule has 0 radical (unpaired) electrons. The SMILES string of the molecule is C[C@H]1C(=O)[C@@H](O)[C@@]2(CO)[C@H](O[C@@H]3[C@H](O)C[C@@]2(C)[C@]32CO2)[C@@H]1SC[C@H](NC(=O)CC[C@H](N)C(=O)O)C(=O)NCC(=O)O. The van der Waals surface area contributed by atoms with Gasteiger partial charge in [-0.3, -0.25) is 24.0 Å². The van der Waals surface area contributed by atoms with Crippen molar-refractivity contribution in [3.8, 4) is 0 Å². The van der Waals surface area contributed by atoms with Crippen LogP contribution in [0.3, 0.4) is 0 Å². The number of thioether (sulfide) groups is 1. The topological polar surface area (TPSA) is 258 Å². The number of fused-ring (bicyclic) bond motifs is 2. The first-order valence-corrected chi connectivity index (χ1v) is 14.4. The lowest BCUT2D eigenvalue weighted by Gasteiger charge is -2.62. The normalized spacial score (nSPS) is 40.4. The van der Waals surface area contributed by atoms with Gasteiger partial charge in [-0.15, -0.1) is 0 Å². The van der Waals surface area contributed by atoms with Gasteiger partial charge in [0.15, 0.2) is 5.78 Å². The number of epoxide rings is 1. The van der Waals surface area contributed by atoms with E-state index in [1.807, 2.05) is 0 Å². The second-order valence-electron chi connectivity index (χ2n) is 11.6. The molecule has 230 valence electrons. The lowest BCUT2D eigenvalue weighted by molar-refractivity contribution is -0.266. The fraction of sp³-hybridized carbons (Fsp3) is 0.800. The summed E-state index contributed by atoms with van der Waals surface area (Å²) in [4.78, 5) is 60.8. The summed E-state index contributed by atoms with van der Waals surface area (Å²) in [7, 11) is 0. The third-order valence-electron chi connectivity index (χ3n) is 9.42. The monoisotopic (exact) mass is 603 g/mol. The Hall–Kier alpha value is -2.34. The van der Waals surface area contributed by atoms with Crippen LogP contribution in [0.25, 0.3) is 0 Å². The average Bonchev–Trinajstić information content (AvgIpc) is 3.69. The Morgan fingerprint density at radius 3 is 2.41 bits per heavy atom. The zero-order valence-electron chi connectivity index (χ0n) is 22.6. The van der Waals surface area contributed by atoms with Crippen LogP contribution in [0.15, 0.2) is 0 Å². The molecule has 0 aromatic carbocycles. The zero-order valence-corrected chi connectivity index (χ0v) is 23.5. The number of ketones is 1. The molecule has 4 rings (SSSR count). The number of carbonyl (C=O) groups is 5. The maximum atomic E-state index is 13.4. The van der Waals surface area contributed by atoms with E-state index < -0.39 is 107 Å². The van der Waals surface area contributed by atoms with Gasteiger partial charge < -0.3 is 51.4 Å². The number of hydrogen-bond acceptors (Lipinski definition) is 12. The van der Waals surface area contributed by atoms with Crippen molar-refractivity contribution in [2.45, 2.75) is 80.5 Å². The maximum Gasteiger partial charge on any atom is 0.322 e. The predicted molar refractivity (Wildman–Crippen MR) is 139 cm³/mol. The number of carbonyl (C=O) groups excluding carboxylic acids is 3. The average molecular weight is 604 g/mol. The van der Waals surface area contributed by atoms with Crippen molar-refractivity contribution in [1.82, 2.24) is 10.6 Å². The minimum absolute atomic E-state index is 0.125. The summed E-state index contributed by atoms with van der Waals surface area (Å²) in [5, 5.41) is 54.8. The first kappa shape index (κ1) is 31.6. The number of hydrogen-bond donors (Lipinski definition) is 8. The Bertz CT molecular complexity index is 1100. The number of amides is 2. The summed E-state index contributed by atoms with van der Waals surface area (Å²) >= 11 is 1.07. The zero-order chi connectivity index (χ0) is 30.5. The number of carboxylic acids is 2. The van der Waals surface area contributed by atoms with Gasteiger partial charge in [-0.25, -0.2) is 0 Å². The molecule has 11 atom stereocenters. The molecular formula is C25H37N3O12S. The highest BCUT2D eigenvalue weighted by molar-refractivity contribution is 8.00. The predicted octanol–water partition coefficient (Wildman–Crippen LogP) is -3.17. The van der Waals surface area contributed by atoms with Crippen LogP contribution in [-0.4, -0.2) is 128 Å². The van der Waals surface area contributed by atoms with Crippen LogP contribution in [0.1, 0.15) is 33.1 Å². The Morgan fingerprint density at radius 1 is 1.20 bits per heavy atom. The minimum Gasteiger partial charge on any atom is -0.480 e. The number of Topliss-reactive ketones (excluding diaryl/α,β-unsaturated/α-hetero) is 1. The van der Waals surface area contributed by atoms with Crippen molar-refractivity contribution in [3.63, 3.8) is 0 Å². The van der Waals surface area contributed by atoms with Gasteiger partial charge in [0.1, 0.15) is 36.4 Å². The molecule has 2 aliphatic carbocycles. The van der Waals surface area contributed by atoms with Crippen molar-refractivity contribution in [3.05, 3.63) is 0 Å². The lowest BCUT2D eigenvalue weighted by Crippen LogP contribution is -2.75. The van der Waals surface area contributed by atoms with Crippen molar-refractivity contribution in [2.75, 3.05) is 25.5 Å². The highest BCUT2D eigenvalue weighted by Crippen LogP contribution is 2.72.